The highest BCUT2D eigenvalue weighted by atomic mass is 35.5. The molecule has 0 aromatic carbocycles. The molecule has 108 valence electrons. The van der Waals surface area contributed by atoms with Crippen LogP contribution in [-0.2, 0) is 4.79 Å². The molecule has 0 atom stereocenters. The Morgan fingerprint density at radius 2 is 2.05 bits per heavy atom. The highest BCUT2D eigenvalue weighted by Crippen LogP contribution is 2.23. The first-order valence-electron chi connectivity index (χ1n) is 6.69. The van der Waals surface area contributed by atoms with Crippen molar-refractivity contribution in [1.82, 2.24) is 9.88 Å². The zero-order chi connectivity index (χ0) is 14.5. The number of carbonyl (C=O) groups is 2. The molecular weight excluding hydrogens is 280 g/mol. The molecule has 1 aliphatic heterocycles. The monoisotopic (exact) mass is 296 g/mol. The van der Waals surface area contributed by atoms with Crippen molar-refractivity contribution in [3.05, 3.63) is 29.0 Å². The average molecular weight is 297 g/mol. The maximum Gasteiger partial charge on any atom is 0.303 e. The minimum Gasteiger partial charge on any atom is -0.481 e. The van der Waals surface area contributed by atoms with Crippen LogP contribution in [0.2, 0.25) is 5.15 Å². The summed E-state index contributed by atoms with van der Waals surface area (Å²) in [5.41, 5.74) is 0.540. The van der Waals surface area contributed by atoms with Gasteiger partial charge in [-0.05, 0) is 37.3 Å². The second-order valence-electron chi connectivity index (χ2n) is 5.04. The summed E-state index contributed by atoms with van der Waals surface area (Å²) in [6.07, 6.45) is 4.11. The van der Waals surface area contributed by atoms with Crippen molar-refractivity contribution in [2.24, 2.45) is 5.92 Å². The molecule has 2 rings (SSSR count). The number of carbonyl (C=O) groups excluding carboxylic acids is 1. The van der Waals surface area contributed by atoms with Crippen molar-refractivity contribution in [1.29, 1.82) is 0 Å². The second-order valence-corrected chi connectivity index (χ2v) is 5.42. The molecule has 2 heterocycles. The van der Waals surface area contributed by atoms with Gasteiger partial charge in [0.25, 0.3) is 5.91 Å². The van der Waals surface area contributed by atoms with E-state index in [1.807, 2.05) is 0 Å². The van der Waals surface area contributed by atoms with Crippen LogP contribution in [0.1, 0.15) is 36.0 Å². The van der Waals surface area contributed by atoms with Crippen molar-refractivity contribution >= 4 is 23.5 Å². The Bertz CT molecular complexity index is 482. The molecule has 1 amide bonds. The molecule has 5 nitrogen and oxygen atoms in total. The van der Waals surface area contributed by atoms with Crippen molar-refractivity contribution in [3.8, 4) is 0 Å². The Hall–Kier alpha value is -1.62. The molecule has 1 fully saturated rings. The minimum atomic E-state index is -0.754. The molecule has 20 heavy (non-hydrogen) atoms. The molecular formula is C14H17ClN2O3. The van der Waals surface area contributed by atoms with E-state index in [-0.39, 0.29) is 12.3 Å². The first-order chi connectivity index (χ1) is 9.56. The number of rotatable bonds is 4. The van der Waals surface area contributed by atoms with Crippen LogP contribution >= 0.6 is 11.6 Å². The highest BCUT2D eigenvalue weighted by molar-refractivity contribution is 6.29. The SMILES string of the molecule is O=C(O)CCC1CCN(C(=O)c2ccc(Cl)nc2)CC1. The predicted molar refractivity (Wildman–Crippen MR) is 74.7 cm³/mol. The summed E-state index contributed by atoms with van der Waals surface area (Å²) in [5.74, 6) is -0.389. The number of amides is 1. The van der Waals surface area contributed by atoms with E-state index in [9.17, 15) is 9.59 Å². The Morgan fingerprint density at radius 3 is 2.60 bits per heavy atom. The normalized spacial score (nSPS) is 16.1. The Balaban J connectivity index is 1.85. The summed E-state index contributed by atoms with van der Waals surface area (Å²) < 4.78 is 0. The van der Waals surface area contributed by atoms with E-state index in [0.717, 1.165) is 12.8 Å². The van der Waals surface area contributed by atoms with Crippen LogP contribution in [0.3, 0.4) is 0 Å². The molecule has 0 radical (unpaired) electrons. The number of nitrogens with zero attached hydrogens (tertiary/aromatic N) is 2. The summed E-state index contributed by atoms with van der Waals surface area (Å²) in [5, 5.41) is 9.04. The third-order valence-electron chi connectivity index (χ3n) is 3.64. The molecule has 0 spiro atoms. The van der Waals surface area contributed by atoms with E-state index in [1.165, 1.54) is 6.20 Å². The molecule has 0 saturated carbocycles. The van der Waals surface area contributed by atoms with Crippen LogP contribution < -0.4 is 0 Å². The summed E-state index contributed by atoms with van der Waals surface area (Å²) in [6.45, 7) is 1.34. The number of carboxylic acids is 1. The lowest BCUT2D eigenvalue weighted by Crippen LogP contribution is -2.38. The molecule has 0 unspecified atom stereocenters. The van der Waals surface area contributed by atoms with Crippen LogP contribution in [0.4, 0.5) is 0 Å². The van der Waals surface area contributed by atoms with Gasteiger partial charge in [0.1, 0.15) is 5.15 Å². The average Bonchev–Trinajstić information content (AvgIpc) is 2.46. The van der Waals surface area contributed by atoms with E-state index in [2.05, 4.69) is 4.98 Å². The molecule has 1 aromatic heterocycles. The van der Waals surface area contributed by atoms with Crippen LogP contribution in [0.25, 0.3) is 0 Å². The van der Waals surface area contributed by atoms with Gasteiger partial charge >= 0.3 is 5.97 Å². The number of piperidine rings is 1. The fraction of sp³-hybridized carbons (Fsp3) is 0.500. The van der Waals surface area contributed by atoms with E-state index >= 15 is 0 Å². The lowest BCUT2D eigenvalue weighted by Gasteiger charge is -2.31. The Morgan fingerprint density at radius 1 is 1.35 bits per heavy atom. The number of hydrogen-bond donors (Lipinski definition) is 1. The standard InChI is InChI=1S/C14H17ClN2O3/c15-12-3-2-11(9-16-12)14(20)17-7-5-10(6-8-17)1-4-13(18)19/h2-3,9-10H,1,4-8H2,(H,18,19). The Kier molecular flexibility index (Phi) is 4.95. The van der Waals surface area contributed by atoms with Gasteiger partial charge in [-0.25, -0.2) is 4.98 Å². The van der Waals surface area contributed by atoms with Gasteiger partial charge in [0.15, 0.2) is 0 Å². The lowest BCUT2D eigenvalue weighted by molar-refractivity contribution is -0.137. The third-order valence-corrected chi connectivity index (χ3v) is 3.87. The lowest BCUT2D eigenvalue weighted by atomic mass is 9.92. The molecule has 1 aromatic rings. The number of halogens is 1. The number of likely N-dealkylation sites (tertiary alicyclic amines) is 1. The zero-order valence-electron chi connectivity index (χ0n) is 11.1. The number of hydrogen-bond acceptors (Lipinski definition) is 3. The molecule has 1 aliphatic rings. The number of aliphatic carboxylic acids is 1. The van der Waals surface area contributed by atoms with Crippen LogP contribution in [-0.4, -0.2) is 40.0 Å². The molecule has 1 N–H and O–H groups in total. The first kappa shape index (κ1) is 14.8. The highest BCUT2D eigenvalue weighted by Gasteiger charge is 2.24. The van der Waals surface area contributed by atoms with Crippen molar-refractivity contribution in [3.63, 3.8) is 0 Å². The van der Waals surface area contributed by atoms with Crippen LogP contribution in [0, 0.1) is 5.92 Å². The maximum atomic E-state index is 12.2. The second kappa shape index (κ2) is 6.70. The van der Waals surface area contributed by atoms with Gasteiger partial charge < -0.3 is 10.0 Å². The zero-order valence-corrected chi connectivity index (χ0v) is 11.8. The Labute approximate surface area is 122 Å². The van der Waals surface area contributed by atoms with Gasteiger partial charge in [-0.2, -0.15) is 0 Å². The fourth-order valence-electron chi connectivity index (χ4n) is 2.44. The van der Waals surface area contributed by atoms with Gasteiger partial charge in [0, 0.05) is 25.7 Å². The van der Waals surface area contributed by atoms with Gasteiger partial charge in [-0.15, -0.1) is 0 Å². The minimum absolute atomic E-state index is 0.0362. The summed E-state index contributed by atoms with van der Waals surface area (Å²) >= 11 is 5.70. The van der Waals surface area contributed by atoms with E-state index in [0.29, 0.717) is 36.1 Å². The van der Waals surface area contributed by atoms with Crippen molar-refractivity contribution < 1.29 is 14.7 Å². The van der Waals surface area contributed by atoms with Gasteiger partial charge in [0.05, 0.1) is 5.56 Å². The number of pyridine rings is 1. The number of carboxylic acid groups (broad SMARTS) is 1. The third kappa shape index (κ3) is 3.93. The van der Waals surface area contributed by atoms with E-state index in [1.54, 1.807) is 17.0 Å². The van der Waals surface area contributed by atoms with E-state index in [4.69, 9.17) is 16.7 Å². The summed E-state index contributed by atoms with van der Waals surface area (Å²) in [6, 6.07) is 3.28. The van der Waals surface area contributed by atoms with Gasteiger partial charge in [0.2, 0.25) is 0 Å². The van der Waals surface area contributed by atoms with Gasteiger partial charge in [-0.3, -0.25) is 9.59 Å². The summed E-state index contributed by atoms with van der Waals surface area (Å²) in [4.78, 5) is 28.5. The van der Waals surface area contributed by atoms with Crippen LogP contribution in [0.15, 0.2) is 18.3 Å². The number of aromatic nitrogens is 1. The topological polar surface area (TPSA) is 70.5 Å². The van der Waals surface area contributed by atoms with E-state index < -0.39 is 5.97 Å². The largest absolute Gasteiger partial charge is 0.481 e. The van der Waals surface area contributed by atoms with Gasteiger partial charge in [-0.1, -0.05) is 11.6 Å². The molecule has 0 aliphatic carbocycles. The summed E-state index contributed by atoms with van der Waals surface area (Å²) in [7, 11) is 0. The van der Waals surface area contributed by atoms with Crippen molar-refractivity contribution in [2.45, 2.75) is 25.7 Å². The fourth-order valence-corrected chi connectivity index (χ4v) is 2.55. The quantitative estimate of drug-likeness (QED) is 0.866. The molecule has 0 bridgehead atoms. The smallest absolute Gasteiger partial charge is 0.303 e. The first-order valence-corrected chi connectivity index (χ1v) is 7.06. The predicted octanol–water partition coefficient (Wildman–Crippen LogP) is 2.45. The van der Waals surface area contributed by atoms with Crippen LogP contribution in [0.5, 0.6) is 0 Å². The molecule has 6 heteroatoms. The molecule has 1 saturated heterocycles. The van der Waals surface area contributed by atoms with Crippen molar-refractivity contribution in [2.75, 3.05) is 13.1 Å². The maximum absolute atomic E-state index is 12.2.